The molecule has 0 spiro atoms. The number of carbonyl (C=O) groups excluding carboxylic acids is 9. The van der Waals surface area contributed by atoms with E-state index >= 15 is 0 Å². The van der Waals surface area contributed by atoms with Gasteiger partial charge in [0.15, 0.2) is 0 Å². The van der Waals surface area contributed by atoms with Gasteiger partial charge in [0.1, 0.15) is 47.8 Å². The third-order valence-electron chi connectivity index (χ3n) is 14.0. The molecule has 2 unspecified atom stereocenters. The fourth-order valence-electron chi connectivity index (χ4n) is 9.47. The summed E-state index contributed by atoms with van der Waals surface area (Å²) in [5.41, 5.74) is 9.16. The maximum Gasteiger partial charge on any atom is 0.329 e. The fourth-order valence-corrected chi connectivity index (χ4v) is 9.47. The molecule has 0 aromatic heterocycles. The predicted octanol–water partition coefficient (Wildman–Crippen LogP) is 4.49. The van der Waals surface area contributed by atoms with Crippen molar-refractivity contribution in [1.82, 2.24) is 30.2 Å². The van der Waals surface area contributed by atoms with E-state index in [2.05, 4.69) is 10.6 Å². The molecule has 2 aliphatic heterocycles. The Bertz CT molecular complexity index is 2070. The van der Waals surface area contributed by atoms with Crippen LogP contribution in [0.15, 0.2) is 24.3 Å². The number of methoxy groups -OCH3 is 1. The van der Waals surface area contributed by atoms with Crippen LogP contribution in [0.1, 0.15) is 133 Å². The van der Waals surface area contributed by atoms with Crippen molar-refractivity contribution in [2.75, 3.05) is 34.3 Å². The second kappa shape index (κ2) is 31.0. The molecule has 0 saturated carbocycles. The minimum atomic E-state index is -1.68. The van der Waals surface area contributed by atoms with E-state index in [1.54, 1.807) is 31.2 Å². The number of esters is 1. The number of Topliss-reactive ketones (excluding diaryl/α,β-unsaturated/α-hetero) is 2. The second-order valence-corrected chi connectivity index (χ2v) is 21.2. The number of aliphatic hydroxyl groups excluding tert-OH is 1. The van der Waals surface area contributed by atoms with Crippen molar-refractivity contribution in [3.8, 4) is 5.75 Å². The Kier molecular flexibility index (Phi) is 27.6. The third kappa shape index (κ3) is 18.7. The number of benzene rings is 1. The van der Waals surface area contributed by atoms with E-state index in [9.17, 15) is 48.3 Å². The Morgan fingerprint density at radius 2 is 1.34 bits per heavy atom. The topological polar surface area (TPSA) is 253 Å². The number of aliphatic hydroxyl groups is 1. The predicted molar refractivity (Wildman–Crippen MR) is 275 cm³/mol. The van der Waals surface area contributed by atoms with Gasteiger partial charge in [-0.1, -0.05) is 86.4 Å². The SMILES string of the molecule is CC[C@H](C)[C@@H](NC(=O)[C@@H](NC(=O)C(CC(C)C)N(C)C(=O)C1CCCN1C(=O)C(C)=O)[C@@H](C)OC(=O)[C@H](Cc1ccc(OC)cc1)N(C)C(=O)[C@@H]1CCCN1C(=O)[C@@H]([NH-])CC(C)C)[C@@H](O)CC(=O)C[CH-]C(C)C.[Y]. The number of ketones is 2. The first-order valence-corrected chi connectivity index (χ1v) is 26.1. The number of likely N-dealkylation sites (N-methyl/N-ethyl adjacent to an activating group) is 2. The van der Waals surface area contributed by atoms with Gasteiger partial charge >= 0.3 is 5.97 Å². The standard InChI is InChI=1S/C54H85N7O12.Y/c1-14-34(8)46(45(64)30-38(63)22-19-31(2)3)56-49(66)47(57-48(65)43(28-33(6)7)58(11)52(69)41-17-15-25-60(41)50(67)35(9)62)36(10)73-54(71)44(29-37-20-23-39(72-13)24-21-37)59(12)53(70)42-18-16-26-61(42)51(68)40(55)27-32(4)5;/h19-21,23-24,31-34,36,40-47,55,64H,14-18,22,25-30H2,1-13H3,(H,56,66)(H,57,65);/q-2;/t34-,36+,40-,41?,42-,43?,44-,45-,46+,47-;/m0./s1. The summed E-state index contributed by atoms with van der Waals surface area (Å²) in [5, 5.41) is 17.1. The summed E-state index contributed by atoms with van der Waals surface area (Å²) in [4.78, 5) is 130. The van der Waals surface area contributed by atoms with Crippen LogP contribution in [0.4, 0.5) is 0 Å². The zero-order valence-electron chi connectivity index (χ0n) is 46.2. The van der Waals surface area contributed by atoms with E-state index in [1.807, 2.05) is 54.9 Å². The monoisotopic (exact) mass is 1110 g/mol. The molecule has 20 heteroatoms. The Morgan fingerprint density at radius 1 is 0.797 bits per heavy atom. The van der Waals surface area contributed by atoms with Crippen LogP contribution in [0.3, 0.4) is 0 Å². The molecule has 2 heterocycles. The molecular formula is C54H85N7O12Y-2. The minimum Gasteiger partial charge on any atom is -0.667 e. The molecule has 1 aromatic carbocycles. The van der Waals surface area contributed by atoms with Crippen molar-refractivity contribution < 1.29 is 90.4 Å². The van der Waals surface area contributed by atoms with Crippen LogP contribution in [-0.2, 0) is 87.0 Å². The normalized spacial score (nSPS) is 18.8. The number of rotatable bonds is 28. The van der Waals surface area contributed by atoms with Crippen LogP contribution < -0.4 is 15.4 Å². The van der Waals surface area contributed by atoms with Gasteiger partial charge in [-0.25, -0.2) is 4.79 Å². The minimum absolute atomic E-state index is 0. The van der Waals surface area contributed by atoms with E-state index in [0.29, 0.717) is 43.4 Å². The molecule has 6 amide bonds. The number of nitrogens with zero attached hydrogens (tertiary/aromatic N) is 4. The van der Waals surface area contributed by atoms with Gasteiger partial charge in [0.2, 0.25) is 35.3 Å². The van der Waals surface area contributed by atoms with Gasteiger partial charge in [-0.3, -0.25) is 33.6 Å². The number of ether oxygens (including phenoxy) is 2. The number of nitrogens with one attached hydrogen (secondary N) is 3. The number of likely N-dealkylation sites (tertiary alicyclic amines) is 2. The largest absolute Gasteiger partial charge is 0.667 e. The van der Waals surface area contributed by atoms with Gasteiger partial charge in [0, 0.05) is 79.7 Å². The van der Waals surface area contributed by atoms with E-state index < -0.39 is 102 Å². The zero-order chi connectivity index (χ0) is 55.0. The molecule has 74 heavy (non-hydrogen) atoms. The molecule has 2 fully saturated rings. The van der Waals surface area contributed by atoms with Gasteiger partial charge < -0.3 is 61.8 Å². The maximum absolute atomic E-state index is 14.8. The molecule has 1 radical (unpaired) electrons. The number of amides is 6. The Labute approximate surface area is 464 Å². The van der Waals surface area contributed by atoms with Crippen LogP contribution >= 0.6 is 0 Å². The Hall–Kier alpha value is -4.33. The van der Waals surface area contributed by atoms with Crippen molar-refractivity contribution in [1.29, 1.82) is 0 Å². The van der Waals surface area contributed by atoms with Crippen molar-refractivity contribution in [2.24, 2.45) is 23.7 Å². The van der Waals surface area contributed by atoms with Gasteiger partial charge in [-0.05, 0) is 74.5 Å². The molecule has 413 valence electrons. The summed E-state index contributed by atoms with van der Waals surface area (Å²) in [6, 6.07) is -1.45. The average Bonchev–Trinajstić information content (AvgIpc) is 4.04. The first-order valence-electron chi connectivity index (χ1n) is 26.1. The molecule has 10 atom stereocenters. The molecule has 19 nitrogen and oxygen atoms in total. The summed E-state index contributed by atoms with van der Waals surface area (Å²) in [6.07, 6.45) is 1.20. The van der Waals surface area contributed by atoms with E-state index in [4.69, 9.17) is 15.2 Å². The summed E-state index contributed by atoms with van der Waals surface area (Å²) >= 11 is 0. The Balaban J connectivity index is 0.0000187. The molecule has 2 saturated heterocycles. The number of hydrogen-bond acceptors (Lipinski definition) is 12. The molecule has 2 aliphatic rings. The molecule has 4 N–H and O–H groups in total. The van der Waals surface area contributed by atoms with E-state index in [-0.39, 0.29) is 107 Å². The van der Waals surface area contributed by atoms with E-state index in [1.165, 1.54) is 47.7 Å². The van der Waals surface area contributed by atoms with Crippen LogP contribution in [0, 0.1) is 30.1 Å². The summed E-state index contributed by atoms with van der Waals surface area (Å²) in [7, 11) is 4.35. The smallest absolute Gasteiger partial charge is 0.329 e. The number of hydrogen-bond donors (Lipinski definition) is 3. The van der Waals surface area contributed by atoms with Gasteiger partial charge in [-0.15, -0.1) is 6.42 Å². The van der Waals surface area contributed by atoms with Crippen molar-refractivity contribution in [3.05, 3.63) is 42.0 Å². The van der Waals surface area contributed by atoms with Crippen LogP contribution in [0.25, 0.3) is 5.73 Å². The summed E-state index contributed by atoms with van der Waals surface area (Å²) in [6.45, 7) is 18.0. The molecule has 0 aliphatic carbocycles. The second-order valence-electron chi connectivity index (χ2n) is 21.2. The van der Waals surface area contributed by atoms with Gasteiger partial charge in [-0.2, -0.15) is 5.92 Å². The maximum atomic E-state index is 14.8. The van der Waals surface area contributed by atoms with Crippen LogP contribution in [0.5, 0.6) is 5.75 Å². The quantitative estimate of drug-likeness (QED) is 0.0597. The van der Waals surface area contributed by atoms with Gasteiger partial charge in [0.25, 0.3) is 5.91 Å². The van der Waals surface area contributed by atoms with Crippen molar-refractivity contribution in [3.63, 3.8) is 0 Å². The fraction of sp³-hybridized carbons (Fsp3) is 0.704. The first-order chi connectivity index (χ1) is 34.2. The molecular weight excluding hydrogens is 1030 g/mol. The van der Waals surface area contributed by atoms with Gasteiger partial charge in [0.05, 0.1) is 19.3 Å². The Morgan fingerprint density at radius 3 is 1.85 bits per heavy atom. The first kappa shape index (κ1) is 65.8. The van der Waals surface area contributed by atoms with Crippen molar-refractivity contribution in [2.45, 2.75) is 188 Å². The van der Waals surface area contributed by atoms with Crippen LogP contribution in [-0.4, -0.2) is 166 Å². The van der Waals surface area contributed by atoms with Crippen molar-refractivity contribution >= 4 is 53.0 Å². The summed E-state index contributed by atoms with van der Waals surface area (Å²) in [5.74, 6) is -5.82. The average molecular weight is 1110 g/mol. The molecule has 1 aromatic rings. The van der Waals surface area contributed by atoms with E-state index in [0.717, 1.165) is 6.92 Å². The summed E-state index contributed by atoms with van der Waals surface area (Å²) < 4.78 is 11.5. The molecule has 0 bridgehead atoms. The zero-order valence-corrected chi connectivity index (χ0v) is 49.0. The molecule has 3 rings (SSSR count). The van der Waals surface area contributed by atoms with Crippen LogP contribution in [0.2, 0.25) is 0 Å². The third-order valence-corrected chi connectivity index (χ3v) is 14.0. The number of carbonyl (C=O) groups is 9.